The quantitative estimate of drug-likeness (QED) is 0.737. The summed E-state index contributed by atoms with van der Waals surface area (Å²) in [4.78, 5) is 22.1. The number of benzene rings is 1. The molecule has 92 valence electrons. The van der Waals surface area contributed by atoms with Gasteiger partial charge in [0.15, 0.2) is 0 Å². The number of rotatable bonds is 3. The molecule has 1 rings (SSSR count). The van der Waals surface area contributed by atoms with Crippen LogP contribution in [0.4, 0.5) is 15.8 Å². The molecule has 1 aromatic rings. The first-order chi connectivity index (χ1) is 7.90. The van der Waals surface area contributed by atoms with E-state index in [-0.39, 0.29) is 11.6 Å². The zero-order valence-corrected chi connectivity index (χ0v) is 9.58. The van der Waals surface area contributed by atoms with E-state index in [4.69, 9.17) is 5.73 Å². The van der Waals surface area contributed by atoms with E-state index in [1.165, 1.54) is 26.0 Å². The molecule has 0 aliphatic carbocycles. The van der Waals surface area contributed by atoms with E-state index in [1.807, 2.05) is 0 Å². The summed E-state index contributed by atoms with van der Waals surface area (Å²) in [6.45, 7) is 2.83. The molecule has 0 radical (unpaired) electrons. The fourth-order valence-corrected chi connectivity index (χ4v) is 1.15. The van der Waals surface area contributed by atoms with E-state index in [2.05, 4.69) is 10.6 Å². The topological polar surface area (TPSA) is 84.2 Å². The average molecular weight is 239 g/mol. The normalized spacial score (nSPS) is 11.8. The molecule has 6 heteroatoms. The van der Waals surface area contributed by atoms with Gasteiger partial charge < -0.3 is 16.4 Å². The predicted molar refractivity (Wildman–Crippen MR) is 63.0 cm³/mol. The molecule has 0 saturated heterocycles. The molecule has 0 aliphatic rings. The monoisotopic (exact) mass is 239 g/mol. The Kier molecular flexibility index (Phi) is 4.17. The van der Waals surface area contributed by atoms with Crippen molar-refractivity contribution in [1.82, 2.24) is 0 Å². The number of hydrogen-bond acceptors (Lipinski definition) is 3. The van der Waals surface area contributed by atoms with E-state index in [1.54, 1.807) is 0 Å². The Morgan fingerprint density at radius 2 is 2.00 bits per heavy atom. The molecule has 1 atom stereocenters. The second-order valence-electron chi connectivity index (χ2n) is 3.65. The van der Waals surface area contributed by atoms with E-state index in [9.17, 15) is 14.0 Å². The van der Waals surface area contributed by atoms with Crippen LogP contribution in [0.5, 0.6) is 0 Å². The van der Waals surface area contributed by atoms with Gasteiger partial charge in [-0.1, -0.05) is 0 Å². The van der Waals surface area contributed by atoms with Crippen LogP contribution in [0, 0.1) is 5.82 Å². The lowest BCUT2D eigenvalue weighted by Gasteiger charge is -2.10. The largest absolute Gasteiger partial charge is 0.326 e. The smallest absolute Gasteiger partial charge is 0.241 e. The molecular weight excluding hydrogens is 225 g/mol. The van der Waals surface area contributed by atoms with Crippen molar-refractivity contribution in [3.8, 4) is 0 Å². The third-order valence-electron chi connectivity index (χ3n) is 1.96. The van der Waals surface area contributed by atoms with E-state index < -0.39 is 17.8 Å². The first-order valence-electron chi connectivity index (χ1n) is 5.03. The van der Waals surface area contributed by atoms with Gasteiger partial charge in [0.1, 0.15) is 5.82 Å². The number of carbonyl (C=O) groups excluding carboxylic acids is 2. The molecule has 4 N–H and O–H groups in total. The highest BCUT2D eigenvalue weighted by Crippen LogP contribution is 2.19. The van der Waals surface area contributed by atoms with Crippen molar-refractivity contribution >= 4 is 23.2 Å². The summed E-state index contributed by atoms with van der Waals surface area (Å²) in [5.41, 5.74) is 5.73. The number of carbonyl (C=O) groups is 2. The van der Waals surface area contributed by atoms with Gasteiger partial charge in [-0.25, -0.2) is 4.39 Å². The van der Waals surface area contributed by atoms with Crippen LogP contribution in [0.2, 0.25) is 0 Å². The Morgan fingerprint density at radius 3 is 2.53 bits per heavy atom. The van der Waals surface area contributed by atoms with Crippen molar-refractivity contribution in [3.05, 3.63) is 24.0 Å². The summed E-state index contributed by atoms with van der Waals surface area (Å²) in [6, 6.07) is 3.15. The number of hydrogen-bond donors (Lipinski definition) is 3. The van der Waals surface area contributed by atoms with Crippen LogP contribution in [0.25, 0.3) is 0 Å². The van der Waals surface area contributed by atoms with E-state index >= 15 is 0 Å². The predicted octanol–water partition coefficient (Wildman–Crippen LogP) is 1.07. The van der Waals surface area contributed by atoms with Crippen LogP contribution in [0.1, 0.15) is 13.8 Å². The molecule has 1 aromatic carbocycles. The molecule has 2 amide bonds. The first-order valence-corrected chi connectivity index (χ1v) is 5.03. The van der Waals surface area contributed by atoms with Gasteiger partial charge in [-0.05, 0) is 25.1 Å². The molecule has 0 heterocycles. The highest BCUT2D eigenvalue weighted by molar-refractivity contribution is 5.95. The minimum Gasteiger partial charge on any atom is -0.326 e. The average Bonchev–Trinajstić information content (AvgIpc) is 2.22. The Labute approximate surface area is 98.2 Å². The van der Waals surface area contributed by atoms with Gasteiger partial charge in [0.25, 0.3) is 0 Å². The van der Waals surface area contributed by atoms with Crippen molar-refractivity contribution in [2.45, 2.75) is 19.9 Å². The van der Waals surface area contributed by atoms with Gasteiger partial charge in [-0.2, -0.15) is 0 Å². The Hall–Kier alpha value is -1.95. The Balaban J connectivity index is 2.90. The molecule has 0 bridgehead atoms. The van der Waals surface area contributed by atoms with Gasteiger partial charge in [-0.15, -0.1) is 0 Å². The van der Waals surface area contributed by atoms with Gasteiger partial charge in [0.05, 0.1) is 11.7 Å². The van der Waals surface area contributed by atoms with Crippen molar-refractivity contribution in [2.24, 2.45) is 5.73 Å². The highest BCUT2D eigenvalue weighted by Gasteiger charge is 2.11. The summed E-state index contributed by atoms with van der Waals surface area (Å²) in [5, 5.41) is 4.82. The van der Waals surface area contributed by atoms with E-state index in [0.717, 1.165) is 6.07 Å². The lowest BCUT2D eigenvalue weighted by atomic mass is 10.2. The Bertz CT molecular complexity index is 446. The minimum absolute atomic E-state index is 0.0152. The van der Waals surface area contributed by atoms with Crippen LogP contribution in [0.3, 0.4) is 0 Å². The van der Waals surface area contributed by atoms with Crippen LogP contribution in [0.15, 0.2) is 18.2 Å². The third kappa shape index (κ3) is 3.84. The number of nitrogens with two attached hydrogens (primary N) is 1. The van der Waals surface area contributed by atoms with Gasteiger partial charge in [-0.3, -0.25) is 9.59 Å². The van der Waals surface area contributed by atoms with Crippen LogP contribution in [-0.2, 0) is 9.59 Å². The maximum atomic E-state index is 13.4. The second-order valence-corrected chi connectivity index (χ2v) is 3.65. The Morgan fingerprint density at radius 1 is 1.35 bits per heavy atom. The maximum Gasteiger partial charge on any atom is 0.241 e. The van der Waals surface area contributed by atoms with Crippen molar-refractivity contribution in [1.29, 1.82) is 0 Å². The minimum atomic E-state index is -0.737. The van der Waals surface area contributed by atoms with Crippen LogP contribution >= 0.6 is 0 Å². The summed E-state index contributed by atoms with van der Waals surface area (Å²) in [5.74, 6) is -1.36. The number of nitrogens with one attached hydrogen (secondary N) is 2. The van der Waals surface area contributed by atoms with Crippen molar-refractivity contribution < 1.29 is 14.0 Å². The van der Waals surface area contributed by atoms with Gasteiger partial charge in [0, 0.05) is 12.6 Å². The summed E-state index contributed by atoms with van der Waals surface area (Å²) in [7, 11) is 0. The zero-order valence-electron chi connectivity index (χ0n) is 9.58. The molecule has 5 nitrogen and oxygen atoms in total. The molecular formula is C11H14FN3O2. The lowest BCUT2D eigenvalue weighted by molar-refractivity contribution is -0.117. The zero-order chi connectivity index (χ0) is 13.0. The standard InChI is InChI=1S/C11H14FN3O2/c1-6(13)11(17)15-10-5-8(14-7(2)16)3-4-9(10)12/h3-6H,13H2,1-2H3,(H,14,16)(H,15,17)/t6-/m0/s1. The lowest BCUT2D eigenvalue weighted by Crippen LogP contribution is -2.32. The molecule has 17 heavy (non-hydrogen) atoms. The second kappa shape index (κ2) is 5.40. The number of amides is 2. The van der Waals surface area contributed by atoms with Gasteiger partial charge >= 0.3 is 0 Å². The third-order valence-corrected chi connectivity index (χ3v) is 1.96. The molecule has 0 unspecified atom stereocenters. The first kappa shape index (κ1) is 13.1. The fourth-order valence-electron chi connectivity index (χ4n) is 1.15. The van der Waals surface area contributed by atoms with Crippen molar-refractivity contribution in [2.75, 3.05) is 10.6 Å². The molecule has 0 spiro atoms. The molecule has 0 saturated carbocycles. The van der Waals surface area contributed by atoms with E-state index in [0.29, 0.717) is 5.69 Å². The molecule has 0 aliphatic heterocycles. The molecule has 0 fully saturated rings. The van der Waals surface area contributed by atoms with Crippen LogP contribution in [-0.4, -0.2) is 17.9 Å². The SMILES string of the molecule is CC(=O)Nc1ccc(F)c(NC(=O)[C@H](C)N)c1. The van der Waals surface area contributed by atoms with Crippen LogP contribution < -0.4 is 16.4 Å². The van der Waals surface area contributed by atoms with Gasteiger partial charge in [0.2, 0.25) is 11.8 Å². The molecule has 0 aromatic heterocycles. The number of halogens is 1. The summed E-state index contributed by atoms with van der Waals surface area (Å²) >= 11 is 0. The summed E-state index contributed by atoms with van der Waals surface area (Å²) in [6.07, 6.45) is 0. The summed E-state index contributed by atoms with van der Waals surface area (Å²) < 4.78 is 13.4. The maximum absolute atomic E-state index is 13.4. The van der Waals surface area contributed by atoms with Crippen molar-refractivity contribution in [3.63, 3.8) is 0 Å². The highest BCUT2D eigenvalue weighted by atomic mass is 19.1. The number of anilines is 2. The fraction of sp³-hybridized carbons (Fsp3) is 0.273.